The third-order valence-corrected chi connectivity index (χ3v) is 6.15. The first-order valence-corrected chi connectivity index (χ1v) is 10.9. The van der Waals surface area contributed by atoms with Crippen molar-refractivity contribution in [2.75, 3.05) is 24.3 Å². The maximum Gasteiger partial charge on any atom is 0.337 e. The number of carbonyl (C=O) groups is 2. The third kappa shape index (κ3) is 4.98. The van der Waals surface area contributed by atoms with Crippen LogP contribution >= 0.6 is 35.4 Å². The molecule has 2 aromatic rings. The molecule has 2 amide bonds. The van der Waals surface area contributed by atoms with Crippen molar-refractivity contribution in [1.82, 2.24) is 10.2 Å². The zero-order chi connectivity index (χ0) is 23.4. The minimum atomic E-state index is -0.523. The number of benzene rings is 2. The van der Waals surface area contributed by atoms with Gasteiger partial charge < -0.3 is 25.6 Å². The summed E-state index contributed by atoms with van der Waals surface area (Å²) >= 11 is 17.6. The number of hydrogen-bond acceptors (Lipinski definition) is 4. The SMILES string of the molecule is CCN1C(=S)N[C@H](c2cccc(NC(=O)Nc3cccc(Cl)c3Cl)c2)C(C(=O)OC)=C1C. The lowest BCUT2D eigenvalue weighted by Crippen LogP contribution is -2.47. The van der Waals surface area contributed by atoms with Crippen molar-refractivity contribution in [1.29, 1.82) is 0 Å². The van der Waals surface area contributed by atoms with Crippen LogP contribution in [0.5, 0.6) is 0 Å². The Labute approximate surface area is 201 Å². The lowest BCUT2D eigenvalue weighted by atomic mass is 9.94. The minimum Gasteiger partial charge on any atom is -0.466 e. The molecule has 0 spiro atoms. The van der Waals surface area contributed by atoms with Crippen LogP contribution in [0.4, 0.5) is 16.2 Å². The van der Waals surface area contributed by atoms with Gasteiger partial charge in [-0.15, -0.1) is 0 Å². The maximum absolute atomic E-state index is 12.6. The number of thiocarbonyl (C=S) groups is 1. The number of allylic oxidation sites excluding steroid dienone is 1. The summed E-state index contributed by atoms with van der Waals surface area (Å²) < 4.78 is 5.01. The van der Waals surface area contributed by atoms with Crippen molar-refractivity contribution in [3.05, 3.63) is 69.3 Å². The fourth-order valence-electron chi connectivity index (χ4n) is 3.47. The van der Waals surface area contributed by atoms with E-state index >= 15 is 0 Å². The number of halogens is 2. The molecule has 10 heteroatoms. The molecule has 0 aliphatic carbocycles. The number of hydrogen-bond donors (Lipinski definition) is 3. The summed E-state index contributed by atoms with van der Waals surface area (Å²) in [6, 6.07) is 11.1. The summed E-state index contributed by atoms with van der Waals surface area (Å²) in [5.74, 6) is -0.451. The predicted molar refractivity (Wildman–Crippen MR) is 131 cm³/mol. The van der Waals surface area contributed by atoms with Gasteiger partial charge in [0.25, 0.3) is 0 Å². The molecule has 7 nitrogen and oxygen atoms in total. The zero-order valence-electron chi connectivity index (χ0n) is 17.7. The van der Waals surface area contributed by atoms with Crippen LogP contribution in [0.3, 0.4) is 0 Å². The molecule has 0 aromatic heterocycles. The van der Waals surface area contributed by atoms with E-state index in [-0.39, 0.29) is 5.02 Å². The molecule has 168 valence electrons. The lowest BCUT2D eigenvalue weighted by molar-refractivity contribution is -0.136. The molecule has 1 aliphatic heterocycles. The van der Waals surface area contributed by atoms with E-state index in [4.69, 9.17) is 40.2 Å². The summed E-state index contributed by atoms with van der Waals surface area (Å²) in [7, 11) is 1.34. The van der Waals surface area contributed by atoms with Gasteiger partial charge in [0.05, 0.1) is 34.5 Å². The van der Waals surface area contributed by atoms with Gasteiger partial charge in [-0.05, 0) is 55.9 Å². The number of methoxy groups -OCH3 is 1. The topological polar surface area (TPSA) is 82.7 Å². The largest absolute Gasteiger partial charge is 0.466 e. The number of anilines is 2. The molecule has 0 saturated carbocycles. The summed E-state index contributed by atoms with van der Waals surface area (Å²) in [4.78, 5) is 26.9. The highest BCUT2D eigenvalue weighted by molar-refractivity contribution is 7.80. The molecule has 3 N–H and O–H groups in total. The summed E-state index contributed by atoms with van der Waals surface area (Å²) in [6.45, 7) is 4.39. The van der Waals surface area contributed by atoms with E-state index in [0.29, 0.717) is 33.6 Å². The van der Waals surface area contributed by atoms with Crippen LogP contribution in [0.15, 0.2) is 53.7 Å². The summed E-state index contributed by atoms with van der Waals surface area (Å²) in [6.07, 6.45) is 0. The molecule has 1 heterocycles. The molecular weight excluding hydrogens is 471 g/mol. The predicted octanol–water partition coefficient (Wildman–Crippen LogP) is 5.34. The van der Waals surface area contributed by atoms with Gasteiger partial charge in [-0.25, -0.2) is 9.59 Å². The lowest BCUT2D eigenvalue weighted by Gasteiger charge is -2.37. The first-order chi connectivity index (χ1) is 15.3. The second kappa shape index (κ2) is 10.2. The molecule has 0 fully saturated rings. The van der Waals surface area contributed by atoms with Crippen LogP contribution in [0, 0.1) is 0 Å². The molecule has 0 unspecified atom stereocenters. The summed E-state index contributed by atoms with van der Waals surface area (Å²) in [5.41, 5.74) is 2.82. The highest BCUT2D eigenvalue weighted by Crippen LogP contribution is 2.33. The second-order valence-corrected chi connectivity index (χ2v) is 8.10. The number of rotatable bonds is 5. The van der Waals surface area contributed by atoms with Crippen molar-refractivity contribution < 1.29 is 14.3 Å². The van der Waals surface area contributed by atoms with Gasteiger partial charge >= 0.3 is 12.0 Å². The molecule has 2 aromatic carbocycles. The van der Waals surface area contributed by atoms with Crippen LogP contribution < -0.4 is 16.0 Å². The van der Waals surface area contributed by atoms with Gasteiger partial charge in [0.2, 0.25) is 0 Å². The second-order valence-electron chi connectivity index (χ2n) is 6.92. The van der Waals surface area contributed by atoms with E-state index in [1.807, 2.05) is 24.8 Å². The normalized spacial score (nSPS) is 15.8. The van der Waals surface area contributed by atoms with E-state index in [9.17, 15) is 9.59 Å². The van der Waals surface area contributed by atoms with Crippen LogP contribution in [0.1, 0.15) is 25.5 Å². The summed E-state index contributed by atoms with van der Waals surface area (Å²) in [5, 5.41) is 9.73. The zero-order valence-corrected chi connectivity index (χ0v) is 20.0. The molecule has 3 rings (SSSR count). The number of nitrogens with one attached hydrogen (secondary N) is 3. The fraction of sp³-hybridized carbons (Fsp3) is 0.227. The van der Waals surface area contributed by atoms with E-state index in [1.54, 1.807) is 36.4 Å². The molecule has 0 saturated heterocycles. The standard InChI is InChI=1S/C22H22Cl2N4O3S/c1-4-28-12(2)17(20(29)31-3)19(27-22(28)32)13-7-5-8-14(11-13)25-21(30)26-16-10-6-9-15(23)18(16)24/h5-11,19H,4H2,1-3H3,(H,27,32)(H2,25,26,30)/t19-/m1/s1. The van der Waals surface area contributed by atoms with Gasteiger partial charge in [0, 0.05) is 17.9 Å². The number of urea groups is 1. The molecule has 1 aliphatic rings. The van der Waals surface area contributed by atoms with Crippen LogP contribution in [0.25, 0.3) is 0 Å². The third-order valence-electron chi connectivity index (χ3n) is 5.00. The van der Waals surface area contributed by atoms with Crippen LogP contribution in [0.2, 0.25) is 10.0 Å². The maximum atomic E-state index is 12.6. The first-order valence-electron chi connectivity index (χ1n) is 9.75. The number of esters is 1. The van der Waals surface area contributed by atoms with Crippen molar-refractivity contribution in [2.24, 2.45) is 0 Å². The Kier molecular flexibility index (Phi) is 7.60. The van der Waals surface area contributed by atoms with Gasteiger partial charge in [0.1, 0.15) is 0 Å². The van der Waals surface area contributed by atoms with Crippen molar-refractivity contribution in [3.63, 3.8) is 0 Å². The van der Waals surface area contributed by atoms with E-state index in [2.05, 4.69) is 16.0 Å². The average molecular weight is 493 g/mol. The van der Waals surface area contributed by atoms with Crippen LogP contribution in [-0.2, 0) is 9.53 Å². The van der Waals surface area contributed by atoms with Crippen molar-refractivity contribution >= 4 is 63.9 Å². The molecule has 0 radical (unpaired) electrons. The van der Waals surface area contributed by atoms with Gasteiger partial charge in [-0.2, -0.15) is 0 Å². The Hall–Kier alpha value is -2.81. The van der Waals surface area contributed by atoms with E-state index in [0.717, 1.165) is 11.3 Å². The molecular formula is C22H22Cl2N4O3S. The number of ether oxygens (including phenoxy) is 1. The van der Waals surface area contributed by atoms with Gasteiger partial charge in [-0.1, -0.05) is 41.4 Å². The Bertz CT molecular complexity index is 1110. The Morgan fingerprint density at radius 1 is 1.19 bits per heavy atom. The quantitative estimate of drug-likeness (QED) is 0.386. The van der Waals surface area contributed by atoms with Gasteiger partial charge in [0.15, 0.2) is 5.11 Å². The number of nitrogens with zero attached hydrogens (tertiary/aromatic N) is 1. The average Bonchev–Trinajstić information content (AvgIpc) is 2.76. The number of carbonyl (C=O) groups excluding carboxylic acids is 2. The molecule has 32 heavy (non-hydrogen) atoms. The monoisotopic (exact) mass is 492 g/mol. The molecule has 1 atom stereocenters. The minimum absolute atomic E-state index is 0.252. The Balaban J connectivity index is 1.86. The fourth-order valence-corrected chi connectivity index (χ4v) is 4.20. The van der Waals surface area contributed by atoms with E-state index < -0.39 is 18.0 Å². The molecule has 0 bridgehead atoms. The number of amides is 2. The van der Waals surface area contributed by atoms with Crippen molar-refractivity contribution in [3.8, 4) is 0 Å². The smallest absolute Gasteiger partial charge is 0.337 e. The van der Waals surface area contributed by atoms with Gasteiger partial charge in [-0.3, -0.25) is 0 Å². The Morgan fingerprint density at radius 2 is 1.91 bits per heavy atom. The highest BCUT2D eigenvalue weighted by atomic mass is 35.5. The Morgan fingerprint density at radius 3 is 2.59 bits per heavy atom. The highest BCUT2D eigenvalue weighted by Gasteiger charge is 2.34. The van der Waals surface area contributed by atoms with Crippen molar-refractivity contribution in [2.45, 2.75) is 19.9 Å². The van der Waals surface area contributed by atoms with E-state index in [1.165, 1.54) is 7.11 Å². The first kappa shape index (κ1) is 23.8. The van der Waals surface area contributed by atoms with Crippen LogP contribution in [-0.4, -0.2) is 35.7 Å².